The average molecular weight is 891 g/mol. The van der Waals surface area contributed by atoms with E-state index in [0.717, 1.165) is 64.2 Å². The summed E-state index contributed by atoms with van der Waals surface area (Å²) in [5.41, 5.74) is -0.489. The maximum atomic E-state index is 13.1. The molecule has 3 N–H and O–H groups in total. The van der Waals surface area contributed by atoms with Crippen LogP contribution in [0.25, 0.3) is 0 Å². The third-order valence-corrected chi connectivity index (χ3v) is 16.3. The van der Waals surface area contributed by atoms with Crippen LogP contribution in [0.1, 0.15) is 208 Å². The SMILES string of the molecule is CCCCCCCCCC(=O)OCC(COC(=O)CCC(=O)O[C@@H]1CC[C@@]2(C)[C@@H](C1)C[C@@H](O)[C@@H]1[C@@H]2C[C@H](O)[C@]2(C)[C@@H]([C@H](C)CCC(=O)O)CC[C@@H]12)OC(=O)CCCCCCCCC. The molecule has 4 aliphatic rings. The van der Waals surface area contributed by atoms with Crippen molar-refractivity contribution in [2.45, 2.75) is 232 Å². The summed E-state index contributed by atoms with van der Waals surface area (Å²) >= 11 is 0. The predicted octanol–water partition coefficient (Wildman–Crippen LogP) is 10.1. The quantitative estimate of drug-likeness (QED) is 0.0368. The minimum absolute atomic E-state index is 0.0663. The van der Waals surface area contributed by atoms with Crippen molar-refractivity contribution in [1.29, 1.82) is 0 Å². The highest BCUT2D eigenvalue weighted by atomic mass is 16.6. The van der Waals surface area contributed by atoms with Crippen LogP contribution < -0.4 is 0 Å². The molecule has 0 aromatic carbocycles. The summed E-state index contributed by atoms with van der Waals surface area (Å²) in [4.78, 5) is 62.5. The first kappa shape index (κ1) is 52.9. The van der Waals surface area contributed by atoms with Gasteiger partial charge in [0.1, 0.15) is 19.3 Å². The number of hydrogen-bond donors (Lipinski definition) is 3. The second-order valence-corrected chi connectivity index (χ2v) is 20.6. The van der Waals surface area contributed by atoms with Gasteiger partial charge in [0, 0.05) is 19.3 Å². The maximum Gasteiger partial charge on any atom is 0.306 e. The molecule has 12 heteroatoms. The number of aliphatic carboxylic acids is 1. The smallest absolute Gasteiger partial charge is 0.306 e. The van der Waals surface area contributed by atoms with Gasteiger partial charge >= 0.3 is 29.8 Å². The molecule has 4 aliphatic carbocycles. The molecule has 0 heterocycles. The van der Waals surface area contributed by atoms with Crippen molar-refractivity contribution in [3.8, 4) is 0 Å². The van der Waals surface area contributed by atoms with E-state index in [1.165, 1.54) is 38.5 Å². The van der Waals surface area contributed by atoms with Gasteiger partial charge in [0.2, 0.25) is 0 Å². The van der Waals surface area contributed by atoms with Crippen molar-refractivity contribution >= 4 is 29.8 Å². The Hall–Kier alpha value is -2.73. The standard InChI is InChI=1S/C51H86O12/c1-6-8-10-12-14-16-18-20-45(56)60-33-38(63-47(58)21-19-17-15-13-11-9-7-2)34-61-46(57)26-27-48(59)62-37-28-29-50(4)36(30-37)31-42(52)49-40-24-23-39(35(3)22-25-44(54)55)51(40,5)43(53)32-41(49)50/h35-43,49,52-53H,6-34H2,1-5H3,(H,54,55)/t35-,36+,37-,38?,39-,40+,41+,42-,43+,49+,50+,51-/m1/s1. The molecule has 0 aromatic heterocycles. The molecule has 1 unspecified atom stereocenters. The first-order valence-corrected chi connectivity index (χ1v) is 25.4. The van der Waals surface area contributed by atoms with Crippen LogP contribution in [0.3, 0.4) is 0 Å². The summed E-state index contributed by atoms with van der Waals surface area (Å²) in [5.74, 6) is -1.87. The Labute approximate surface area is 379 Å². The zero-order chi connectivity index (χ0) is 46.0. The lowest BCUT2D eigenvalue weighted by molar-refractivity contribution is -0.209. The molecule has 4 saturated carbocycles. The average Bonchev–Trinajstić information content (AvgIpc) is 3.61. The molecule has 4 rings (SSSR count). The molecular weight excluding hydrogens is 805 g/mol. The zero-order valence-corrected chi connectivity index (χ0v) is 39.8. The van der Waals surface area contributed by atoms with Crippen LogP contribution in [-0.2, 0) is 42.9 Å². The summed E-state index contributed by atoms with van der Waals surface area (Å²) in [6.07, 6.45) is 18.6. The second-order valence-electron chi connectivity index (χ2n) is 20.6. The summed E-state index contributed by atoms with van der Waals surface area (Å²) < 4.78 is 22.5. The molecule has 362 valence electrons. The van der Waals surface area contributed by atoms with E-state index >= 15 is 0 Å². The van der Waals surface area contributed by atoms with E-state index in [0.29, 0.717) is 38.5 Å². The Balaban J connectivity index is 1.22. The lowest BCUT2D eigenvalue weighted by atomic mass is 9.43. The molecule has 0 bridgehead atoms. The van der Waals surface area contributed by atoms with E-state index in [9.17, 15) is 39.3 Å². The first-order chi connectivity index (χ1) is 30.1. The van der Waals surface area contributed by atoms with Gasteiger partial charge in [0.25, 0.3) is 0 Å². The molecule has 4 fully saturated rings. The number of rotatable bonds is 29. The third kappa shape index (κ3) is 15.4. The molecule has 0 aromatic rings. The maximum absolute atomic E-state index is 13.1. The first-order valence-electron chi connectivity index (χ1n) is 25.4. The fourth-order valence-electron chi connectivity index (χ4n) is 12.6. The Kier molecular flexibility index (Phi) is 22.2. The fraction of sp³-hybridized carbons (Fsp3) is 0.902. The van der Waals surface area contributed by atoms with Gasteiger partial charge in [-0.1, -0.05) is 112 Å². The van der Waals surface area contributed by atoms with Gasteiger partial charge in [0.15, 0.2) is 6.10 Å². The van der Waals surface area contributed by atoms with E-state index in [4.69, 9.17) is 18.9 Å². The summed E-state index contributed by atoms with van der Waals surface area (Å²) in [7, 11) is 0. The normalized spacial score (nSPS) is 30.8. The largest absolute Gasteiger partial charge is 0.481 e. The zero-order valence-electron chi connectivity index (χ0n) is 39.8. The minimum atomic E-state index is -0.945. The van der Waals surface area contributed by atoms with Crippen molar-refractivity contribution < 1.29 is 58.2 Å². The predicted molar refractivity (Wildman–Crippen MR) is 240 cm³/mol. The van der Waals surface area contributed by atoms with Crippen LogP contribution >= 0.6 is 0 Å². The van der Waals surface area contributed by atoms with Crippen LogP contribution in [0, 0.1) is 46.3 Å². The molecule has 0 amide bonds. The highest BCUT2D eigenvalue weighted by Gasteiger charge is 2.66. The fourth-order valence-corrected chi connectivity index (χ4v) is 12.6. The van der Waals surface area contributed by atoms with Gasteiger partial charge in [-0.3, -0.25) is 24.0 Å². The van der Waals surface area contributed by atoms with Crippen LogP contribution in [0.15, 0.2) is 0 Å². The summed E-state index contributed by atoms with van der Waals surface area (Å²) in [6, 6.07) is 0. The Morgan fingerprint density at radius 3 is 1.79 bits per heavy atom. The number of carbonyl (C=O) groups excluding carboxylic acids is 4. The monoisotopic (exact) mass is 891 g/mol. The number of carboxylic acid groups (broad SMARTS) is 1. The molecule has 0 spiro atoms. The number of fused-ring (bicyclic) bond motifs is 5. The number of carboxylic acids is 1. The number of ether oxygens (including phenoxy) is 4. The number of esters is 4. The van der Waals surface area contributed by atoms with Crippen molar-refractivity contribution in [1.82, 2.24) is 0 Å². The Morgan fingerprint density at radius 2 is 1.19 bits per heavy atom. The van der Waals surface area contributed by atoms with Gasteiger partial charge in [-0.05, 0) is 111 Å². The van der Waals surface area contributed by atoms with Crippen molar-refractivity contribution in [2.24, 2.45) is 46.3 Å². The van der Waals surface area contributed by atoms with Gasteiger partial charge in [-0.15, -0.1) is 0 Å². The molecule has 12 atom stereocenters. The molecule has 0 aliphatic heterocycles. The molecule has 0 radical (unpaired) electrons. The second kappa shape index (κ2) is 26.4. The van der Waals surface area contributed by atoms with E-state index in [1.54, 1.807) is 0 Å². The van der Waals surface area contributed by atoms with E-state index in [2.05, 4.69) is 34.6 Å². The van der Waals surface area contributed by atoms with E-state index < -0.39 is 42.2 Å². The van der Waals surface area contributed by atoms with Crippen molar-refractivity contribution in [3.05, 3.63) is 0 Å². The minimum Gasteiger partial charge on any atom is -0.481 e. The number of aliphatic hydroxyl groups excluding tert-OH is 2. The van der Waals surface area contributed by atoms with Crippen molar-refractivity contribution in [2.75, 3.05) is 13.2 Å². The van der Waals surface area contributed by atoms with Gasteiger partial charge in [0.05, 0.1) is 25.0 Å². The number of unbranched alkanes of at least 4 members (excludes halogenated alkanes) is 12. The number of aliphatic hydroxyl groups is 2. The molecule has 12 nitrogen and oxygen atoms in total. The number of carbonyl (C=O) groups is 5. The lowest BCUT2D eigenvalue weighted by Gasteiger charge is -2.63. The Morgan fingerprint density at radius 1 is 0.635 bits per heavy atom. The van der Waals surface area contributed by atoms with Gasteiger partial charge in [-0.2, -0.15) is 0 Å². The van der Waals surface area contributed by atoms with E-state index in [1.807, 2.05) is 0 Å². The third-order valence-electron chi connectivity index (χ3n) is 16.3. The van der Waals surface area contributed by atoms with Crippen LogP contribution in [0.4, 0.5) is 0 Å². The van der Waals surface area contributed by atoms with Gasteiger partial charge < -0.3 is 34.3 Å². The Bertz CT molecular complexity index is 1430. The number of hydrogen-bond acceptors (Lipinski definition) is 11. The molecule has 0 saturated heterocycles. The highest BCUT2D eigenvalue weighted by molar-refractivity contribution is 5.77. The van der Waals surface area contributed by atoms with Crippen LogP contribution in [-0.4, -0.2) is 82.8 Å². The van der Waals surface area contributed by atoms with Crippen molar-refractivity contribution in [3.63, 3.8) is 0 Å². The molecular formula is C51H86O12. The molecule has 63 heavy (non-hydrogen) atoms. The summed E-state index contributed by atoms with van der Waals surface area (Å²) in [6.45, 7) is 10.5. The van der Waals surface area contributed by atoms with Gasteiger partial charge in [-0.25, -0.2) is 0 Å². The van der Waals surface area contributed by atoms with Crippen LogP contribution in [0.5, 0.6) is 0 Å². The van der Waals surface area contributed by atoms with Crippen LogP contribution in [0.2, 0.25) is 0 Å². The van der Waals surface area contributed by atoms with E-state index in [-0.39, 0.29) is 104 Å². The summed E-state index contributed by atoms with van der Waals surface area (Å²) in [5, 5.41) is 33.0. The lowest BCUT2D eigenvalue weighted by Crippen LogP contribution is -2.62. The topological polar surface area (TPSA) is 183 Å². The highest BCUT2D eigenvalue weighted by Crippen LogP contribution is 2.68.